The maximum atomic E-state index is 10.1. The van der Waals surface area contributed by atoms with Gasteiger partial charge in [-0.25, -0.2) is 19.9 Å². The standard InChI is InChI=1S/C25H26N6O3/c1-5-20-8-6-15(2)31(20)22-9-7-17(11-26-22)23-29-21-10-18(25(32)33-4)12-27-24(21)30(23)13-19-14-34-16(3)28-19/h1,7,9-12,14-15,20,25,32H,6,8,13H2,2-4H3/t15-,20-,25?/m0/s1. The summed E-state index contributed by atoms with van der Waals surface area (Å²) < 4.78 is 12.4. The molecule has 0 radical (unpaired) electrons. The first-order valence-corrected chi connectivity index (χ1v) is 11.2. The predicted molar refractivity (Wildman–Crippen MR) is 127 cm³/mol. The predicted octanol–water partition coefficient (Wildman–Crippen LogP) is 3.47. The summed E-state index contributed by atoms with van der Waals surface area (Å²) in [6.45, 7) is 4.40. The first-order chi connectivity index (χ1) is 16.5. The Kier molecular flexibility index (Phi) is 5.77. The van der Waals surface area contributed by atoms with E-state index in [1.165, 1.54) is 7.11 Å². The van der Waals surface area contributed by atoms with Crippen LogP contribution in [-0.2, 0) is 11.3 Å². The van der Waals surface area contributed by atoms with Crippen molar-refractivity contribution in [1.82, 2.24) is 24.5 Å². The summed E-state index contributed by atoms with van der Waals surface area (Å²) in [4.78, 5) is 20.8. The van der Waals surface area contributed by atoms with Crippen LogP contribution in [0.4, 0.5) is 5.82 Å². The zero-order valence-corrected chi connectivity index (χ0v) is 19.3. The van der Waals surface area contributed by atoms with Crippen LogP contribution in [0.5, 0.6) is 0 Å². The van der Waals surface area contributed by atoms with Gasteiger partial charge in [-0.2, -0.15) is 0 Å². The van der Waals surface area contributed by atoms with Gasteiger partial charge in [0.1, 0.15) is 23.4 Å². The van der Waals surface area contributed by atoms with Crippen LogP contribution in [0.2, 0.25) is 0 Å². The zero-order chi connectivity index (χ0) is 23.8. The molecule has 4 aromatic rings. The number of imidazole rings is 1. The highest BCUT2D eigenvalue weighted by molar-refractivity contribution is 5.78. The molecule has 4 aromatic heterocycles. The van der Waals surface area contributed by atoms with Gasteiger partial charge in [0, 0.05) is 43.6 Å². The summed E-state index contributed by atoms with van der Waals surface area (Å²) in [5, 5.41) is 10.1. The minimum absolute atomic E-state index is 0.0585. The van der Waals surface area contributed by atoms with Gasteiger partial charge in [-0.1, -0.05) is 5.92 Å². The molecule has 0 aromatic carbocycles. The van der Waals surface area contributed by atoms with Gasteiger partial charge in [0.05, 0.1) is 18.3 Å². The lowest BCUT2D eigenvalue weighted by atomic mass is 10.2. The summed E-state index contributed by atoms with van der Waals surface area (Å²) in [5.74, 6) is 5.02. The molecule has 3 atom stereocenters. The van der Waals surface area contributed by atoms with Crippen LogP contribution >= 0.6 is 0 Å². The number of nitrogens with zero attached hydrogens (tertiary/aromatic N) is 6. The number of rotatable bonds is 6. The molecule has 1 aliphatic rings. The molecule has 1 N–H and O–H groups in total. The van der Waals surface area contributed by atoms with Crippen molar-refractivity contribution >= 4 is 17.0 Å². The van der Waals surface area contributed by atoms with Crippen molar-refractivity contribution in [2.45, 2.75) is 51.6 Å². The number of aryl methyl sites for hydroxylation is 1. The fourth-order valence-electron chi connectivity index (χ4n) is 4.52. The Morgan fingerprint density at radius 3 is 2.79 bits per heavy atom. The largest absolute Gasteiger partial charge is 0.449 e. The monoisotopic (exact) mass is 458 g/mol. The number of hydrogen-bond donors (Lipinski definition) is 1. The molecule has 0 aliphatic carbocycles. The molecule has 1 saturated heterocycles. The molecule has 9 heteroatoms. The van der Waals surface area contributed by atoms with Gasteiger partial charge in [-0.05, 0) is 38.0 Å². The van der Waals surface area contributed by atoms with Gasteiger partial charge in [0.2, 0.25) is 0 Å². The van der Waals surface area contributed by atoms with Crippen molar-refractivity contribution in [2.75, 3.05) is 12.0 Å². The molecule has 0 spiro atoms. The normalized spacial score (nSPS) is 19.0. The quantitative estimate of drug-likeness (QED) is 0.346. The molecule has 0 amide bonds. The summed E-state index contributed by atoms with van der Waals surface area (Å²) in [5.41, 5.74) is 3.41. The van der Waals surface area contributed by atoms with Crippen LogP contribution in [0, 0.1) is 19.3 Å². The second-order valence-electron chi connectivity index (χ2n) is 8.50. The second-order valence-corrected chi connectivity index (χ2v) is 8.50. The Morgan fingerprint density at radius 1 is 1.26 bits per heavy atom. The molecule has 0 saturated carbocycles. The fraction of sp³-hybridized carbons (Fsp3) is 0.360. The van der Waals surface area contributed by atoms with Crippen LogP contribution in [0.1, 0.15) is 43.2 Å². The number of pyridine rings is 2. The average molecular weight is 459 g/mol. The van der Waals surface area contributed by atoms with E-state index >= 15 is 0 Å². The van der Waals surface area contributed by atoms with Gasteiger partial charge in [-0.3, -0.25) is 0 Å². The molecular formula is C25H26N6O3. The van der Waals surface area contributed by atoms with Crippen molar-refractivity contribution in [3.8, 4) is 23.7 Å². The SMILES string of the molecule is C#C[C@H]1CC[C@H](C)N1c1ccc(-c2nc3cc(C(O)OC)cnc3n2Cc2coc(C)n2)cn1. The number of methoxy groups -OCH3 is 1. The van der Waals surface area contributed by atoms with Crippen LogP contribution in [0.15, 0.2) is 41.3 Å². The topological polar surface area (TPSA) is 102 Å². The Labute approximate surface area is 197 Å². The molecule has 1 unspecified atom stereocenters. The molecular weight excluding hydrogens is 432 g/mol. The van der Waals surface area contributed by atoms with E-state index in [4.69, 9.17) is 25.5 Å². The highest BCUT2D eigenvalue weighted by Gasteiger charge is 2.30. The smallest absolute Gasteiger partial charge is 0.191 e. The molecule has 5 rings (SSSR count). The summed E-state index contributed by atoms with van der Waals surface area (Å²) in [6.07, 6.45) is 11.7. The van der Waals surface area contributed by atoms with Crippen molar-refractivity contribution in [2.24, 2.45) is 0 Å². The number of hydrogen-bond acceptors (Lipinski definition) is 8. The number of aromatic nitrogens is 5. The summed E-state index contributed by atoms with van der Waals surface area (Å²) in [7, 11) is 1.44. The van der Waals surface area contributed by atoms with Gasteiger partial charge in [-0.15, -0.1) is 6.42 Å². The fourth-order valence-corrected chi connectivity index (χ4v) is 4.52. The molecule has 34 heavy (non-hydrogen) atoms. The van der Waals surface area contributed by atoms with E-state index in [0.29, 0.717) is 41.0 Å². The van der Waals surface area contributed by atoms with Gasteiger partial charge >= 0.3 is 0 Å². The van der Waals surface area contributed by atoms with Crippen molar-refractivity contribution in [3.63, 3.8) is 0 Å². The van der Waals surface area contributed by atoms with Gasteiger partial charge < -0.3 is 23.7 Å². The number of ether oxygens (including phenoxy) is 1. The average Bonchev–Trinajstić information content (AvgIpc) is 3.55. The number of fused-ring (bicyclic) bond motifs is 1. The second kappa shape index (κ2) is 8.89. The van der Waals surface area contributed by atoms with E-state index in [9.17, 15) is 5.11 Å². The Balaban J connectivity index is 1.57. The van der Waals surface area contributed by atoms with E-state index in [0.717, 1.165) is 29.9 Å². The van der Waals surface area contributed by atoms with Crippen molar-refractivity contribution in [3.05, 3.63) is 54.0 Å². The van der Waals surface area contributed by atoms with Crippen LogP contribution in [0.3, 0.4) is 0 Å². The highest BCUT2D eigenvalue weighted by atomic mass is 16.6. The third kappa shape index (κ3) is 3.91. The van der Waals surface area contributed by atoms with Gasteiger partial charge in [0.15, 0.2) is 17.8 Å². The summed E-state index contributed by atoms with van der Waals surface area (Å²) >= 11 is 0. The minimum Gasteiger partial charge on any atom is -0.449 e. The molecule has 5 heterocycles. The number of oxazole rings is 1. The number of aliphatic hydroxyl groups excluding tert-OH is 1. The lowest BCUT2D eigenvalue weighted by molar-refractivity contribution is -0.0770. The number of anilines is 1. The Morgan fingerprint density at radius 2 is 2.12 bits per heavy atom. The lowest BCUT2D eigenvalue weighted by Crippen LogP contribution is -2.34. The maximum absolute atomic E-state index is 10.1. The van der Waals surface area contributed by atoms with Gasteiger partial charge in [0.25, 0.3) is 0 Å². The maximum Gasteiger partial charge on any atom is 0.191 e. The van der Waals surface area contributed by atoms with E-state index in [-0.39, 0.29) is 6.04 Å². The van der Waals surface area contributed by atoms with E-state index < -0.39 is 6.29 Å². The molecule has 1 aliphatic heterocycles. The van der Waals surface area contributed by atoms with E-state index in [2.05, 4.69) is 27.7 Å². The van der Waals surface area contributed by atoms with Crippen LogP contribution in [-0.4, -0.2) is 48.8 Å². The zero-order valence-electron chi connectivity index (χ0n) is 19.3. The number of aliphatic hydroxyl groups is 1. The summed E-state index contributed by atoms with van der Waals surface area (Å²) in [6, 6.07) is 6.16. The van der Waals surface area contributed by atoms with Crippen LogP contribution < -0.4 is 4.90 Å². The first-order valence-electron chi connectivity index (χ1n) is 11.2. The third-order valence-corrected chi connectivity index (χ3v) is 6.23. The first kappa shape index (κ1) is 22.1. The van der Waals surface area contributed by atoms with E-state index in [1.54, 1.807) is 25.5 Å². The van der Waals surface area contributed by atoms with Crippen LogP contribution in [0.25, 0.3) is 22.6 Å². The van der Waals surface area contributed by atoms with Crippen molar-refractivity contribution < 1.29 is 14.3 Å². The third-order valence-electron chi connectivity index (χ3n) is 6.23. The van der Waals surface area contributed by atoms with Crippen molar-refractivity contribution in [1.29, 1.82) is 0 Å². The van der Waals surface area contributed by atoms with E-state index in [1.807, 2.05) is 22.9 Å². The molecule has 174 valence electrons. The number of terminal acetylenes is 1. The lowest BCUT2D eigenvalue weighted by Gasteiger charge is -2.26. The molecule has 9 nitrogen and oxygen atoms in total. The molecule has 1 fully saturated rings. The minimum atomic E-state index is -1.07. The Hall–Kier alpha value is -3.74. The molecule has 0 bridgehead atoms. The Bertz CT molecular complexity index is 1350. The highest BCUT2D eigenvalue weighted by Crippen LogP contribution is 2.31.